The van der Waals surface area contributed by atoms with Crippen molar-refractivity contribution < 1.29 is 18.0 Å². The minimum Gasteiger partial charge on any atom is -0.391 e. The van der Waals surface area contributed by atoms with Crippen molar-refractivity contribution in [1.29, 1.82) is 0 Å². The quantitative estimate of drug-likeness (QED) is 0.630. The van der Waals surface area contributed by atoms with Gasteiger partial charge < -0.3 is 4.84 Å². The van der Waals surface area contributed by atoms with E-state index in [9.17, 15) is 13.2 Å². The van der Waals surface area contributed by atoms with Gasteiger partial charge in [-0.1, -0.05) is 23.4 Å². The summed E-state index contributed by atoms with van der Waals surface area (Å²) in [6, 6.07) is 10.2. The summed E-state index contributed by atoms with van der Waals surface area (Å²) < 4.78 is 37.2. The first kappa shape index (κ1) is 15.0. The van der Waals surface area contributed by atoms with Crippen LogP contribution in [0.4, 0.5) is 13.2 Å². The Morgan fingerprint density at radius 1 is 1.14 bits per heavy atom. The highest BCUT2D eigenvalue weighted by Gasteiger charge is 2.29. The van der Waals surface area contributed by atoms with E-state index in [-0.39, 0.29) is 6.61 Å². The zero-order chi connectivity index (χ0) is 15.3. The van der Waals surface area contributed by atoms with E-state index in [1.54, 1.807) is 25.3 Å². The van der Waals surface area contributed by atoms with Gasteiger partial charge in [-0.25, -0.2) is 0 Å². The van der Waals surface area contributed by atoms with Crippen molar-refractivity contribution in [1.82, 2.24) is 4.98 Å². The molecule has 21 heavy (non-hydrogen) atoms. The molecule has 0 aliphatic rings. The van der Waals surface area contributed by atoms with Gasteiger partial charge in [-0.15, -0.1) is 0 Å². The van der Waals surface area contributed by atoms with Gasteiger partial charge in [0.15, 0.2) is 0 Å². The average Bonchev–Trinajstić information content (AvgIpc) is 2.47. The summed E-state index contributed by atoms with van der Waals surface area (Å²) in [6.07, 6.45) is -2.68. The van der Waals surface area contributed by atoms with Crippen LogP contribution in [0.2, 0.25) is 0 Å². The van der Waals surface area contributed by atoms with Gasteiger partial charge in [0.25, 0.3) is 0 Å². The van der Waals surface area contributed by atoms with Gasteiger partial charge in [0.05, 0.1) is 11.3 Å². The number of hydrogen-bond donors (Lipinski definition) is 0. The second kappa shape index (κ2) is 6.39. The molecule has 0 radical (unpaired) electrons. The molecule has 0 amide bonds. The number of nitrogens with zero attached hydrogens (tertiary/aromatic N) is 2. The van der Waals surface area contributed by atoms with E-state index >= 15 is 0 Å². The Morgan fingerprint density at radius 2 is 1.86 bits per heavy atom. The van der Waals surface area contributed by atoms with Crippen LogP contribution < -0.4 is 0 Å². The molecule has 0 atom stereocenters. The SMILES string of the molecule is C/C(=N\OCc1ccc(C(F)(F)F)cc1)c1ccccn1. The molecule has 2 rings (SSSR count). The molecule has 0 aliphatic heterocycles. The number of oxime groups is 1. The number of hydrogen-bond acceptors (Lipinski definition) is 3. The maximum absolute atomic E-state index is 12.4. The third-order valence-corrected chi connectivity index (χ3v) is 2.75. The highest BCUT2D eigenvalue weighted by atomic mass is 19.4. The second-order valence-corrected chi connectivity index (χ2v) is 4.36. The number of benzene rings is 1. The molecule has 0 fully saturated rings. The molecule has 0 bridgehead atoms. The van der Waals surface area contributed by atoms with Crippen molar-refractivity contribution in [2.75, 3.05) is 0 Å². The number of halogens is 3. The third-order valence-electron chi connectivity index (χ3n) is 2.75. The molecule has 0 unspecified atom stereocenters. The molecule has 0 saturated carbocycles. The smallest absolute Gasteiger partial charge is 0.391 e. The van der Waals surface area contributed by atoms with Gasteiger partial charge >= 0.3 is 6.18 Å². The third kappa shape index (κ3) is 4.30. The van der Waals surface area contributed by atoms with Gasteiger partial charge in [0.2, 0.25) is 0 Å². The van der Waals surface area contributed by atoms with Crippen LogP contribution in [0.1, 0.15) is 23.7 Å². The molecule has 2 aromatic rings. The van der Waals surface area contributed by atoms with Crippen molar-refractivity contribution in [2.45, 2.75) is 19.7 Å². The van der Waals surface area contributed by atoms with Crippen molar-refractivity contribution in [3.05, 3.63) is 65.5 Å². The van der Waals surface area contributed by atoms with Crippen molar-refractivity contribution in [3.63, 3.8) is 0 Å². The van der Waals surface area contributed by atoms with Crippen LogP contribution in [0.3, 0.4) is 0 Å². The fourth-order valence-electron chi connectivity index (χ4n) is 1.62. The first-order valence-electron chi connectivity index (χ1n) is 6.21. The number of pyridine rings is 1. The Balaban J connectivity index is 1.95. The highest BCUT2D eigenvalue weighted by molar-refractivity contribution is 5.96. The Kier molecular flexibility index (Phi) is 4.57. The van der Waals surface area contributed by atoms with Gasteiger partial charge in [-0.05, 0) is 36.8 Å². The van der Waals surface area contributed by atoms with Crippen molar-refractivity contribution in [3.8, 4) is 0 Å². The molecule has 110 valence electrons. The largest absolute Gasteiger partial charge is 0.416 e. The summed E-state index contributed by atoms with van der Waals surface area (Å²) in [7, 11) is 0. The molecule has 6 heteroatoms. The van der Waals surface area contributed by atoms with Gasteiger partial charge in [0, 0.05) is 6.20 Å². The lowest BCUT2D eigenvalue weighted by atomic mass is 10.1. The number of rotatable bonds is 4. The number of aromatic nitrogens is 1. The topological polar surface area (TPSA) is 34.5 Å². The maximum atomic E-state index is 12.4. The monoisotopic (exact) mass is 294 g/mol. The van der Waals surface area contributed by atoms with E-state index < -0.39 is 11.7 Å². The summed E-state index contributed by atoms with van der Waals surface area (Å²) >= 11 is 0. The molecule has 0 N–H and O–H groups in total. The van der Waals surface area contributed by atoms with Crippen LogP contribution in [-0.2, 0) is 17.6 Å². The predicted molar refractivity (Wildman–Crippen MR) is 72.7 cm³/mol. The lowest BCUT2D eigenvalue weighted by molar-refractivity contribution is -0.137. The Bertz CT molecular complexity index is 607. The van der Waals surface area contributed by atoms with Crippen LogP contribution in [0.15, 0.2) is 53.8 Å². The molecular weight excluding hydrogens is 281 g/mol. The number of alkyl halides is 3. The zero-order valence-electron chi connectivity index (χ0n) is 11.3. The minimum absolute atomic E-state index is 0.0995. The minimum atomic E-state index is -4.33. The van der Waals surface area contributed by atoms with E-state index in [0.29, 0.717) is 17.0 Å². The van der Waals surface area contributed by atoms with E-state index in [1.807, 2.05) is 6.07 Å². The summed E-state index contributed by atoms with van der Waals surface area (Å²) in [5, 5.41) is 3.89. The zero-order valence-corrected chi connectivity index (χ0v) is 11.3. The lowest BCUT2D eigenvalue weighted by Gasteiger charge is -2.07. The van der Waals surface area contributed by atoms with Crippen LogP contribution in [-0.4, -0.2) is 10.7 Å². The maximum Gasteiger partial charge on any atom is 0.416 e. The molecule has 1 aromatic heterocycles. The fraction of sp³-hybridized carbons (Fsp3) is 0.200. The van der Waals surface area contributed by atoms with Crippen molar-refractivity contribution in [2.24, 2.45) is 5.16 Å². The molecule has 0 aliphatic carbocycles. The van der Waals surface area contributed by atoms with Crippen LogP contribution in [0.5, 0.6) is 0 Å². The fourth-order valence-corrected chi connectivity index (χ4v) is 1.62. The predicted octanol–water partition coefficient (Wildman–Crippen LogP) is 4.04. The highest BCUT2D eigenvalue weighted by Crippen LogP contribution is 2.29. The van der Waals surface area contributed by atoms with Crippen LogP contribution in [0.25, 0.3) is 0 Å². The first-order valence-corrected chi connectivity index (χ1v) is 6.21. The average molecular weight is 294 g/mol. The molecule has 0 saturated heterocycles. The molecule has 3 nitrogen and oxygen atoms in total. The summed E-state index contributed by atoms with van der Waals surface area (Å²) in [5.41, 5.74) is 1.22. The van der Waals surface area contributed by atoms with Gasteiger partial charge in [-0.3, -0.25) is 4.98 Å². The summed E-state index contributed by atoms with van der Waals surface area (Å²) in [4.78, 5) is 9.24. The summed E-state index contributed by atoms with van der Waals surface area (Å²) in [6.45, 7) is 1.84. The Labute approximate surface area is 120 Å². The Hall–Kier alpha value is -2.37. The van der Waals surface area contributed by atoms with E-state index in [0.717, 1.165) is 12.1 Å². The lowest BCUT2D eigenvalue weighted by Crippen LogP contribution is -2.04. The summed E-state index contributed by atoms with van der Waals surface area (Å²) in [5.74, 6) is 0. The van der Waals surface area contributed by atoms with E-state index in [4.69, 9.17) is 4.84 Å². The first-order chi connectivity index (χ1) is 9.97. The molecule has 1 heterocycles. The molecule has 0 spiro atoms. The normalized spacial score (nSPS) is 12.3. The van der Waals surface area contributed by atoms with Crippen LogP contribution >= 0.6 is 0 Å². The standard InChI is InChI=1S/C15H13F3N2O/c1-11(14-4-2-3-9-19-14)20-21-10-12-5-7-13(8-6-12)15(16,17)18/h2-9H,10H2,1H3/b20-11+. The second-order valence-electron chi connectivity index (χ2n) is 4.36. The van der Waals surface area contributed by atoms with E-state index in [2.05, 4.69) is 10.1 Å². The van der Waals surface area contributed by atoms with Crippen molar-refractivity contribution >= 4 is 5.71 Å². The van der Waals surface area contributed by atoms with E-state index in [1.165, 1.54) is 12.1 Å². The molecule has 1 aromatic carbocycles. The van der Waals surface area contributed by atoms with Gasteiger partial charge in [0.1, 0.15) is 12.3 Å². The van der Waals surface area contributed by atoms with Gasteiger partial charge in [-0.2, -0.15) is 13.2 Å². The molecular formula is C15H13F3N2O. The van der Waals surface area contributed by atoms with Crippen LogP contribution in [0, 0.1) is 0 Å². The Morgan fingerprint density at radius 3 is 2.43 bits per heavy atom.